The van der Waals surface area contributed by atoms with Crippen molar-refractivity contribution in [3.8, 4) is 28.9 Å². The first-order valence-corrected chi connectivity index (χ1v) is 13.5. The Morgan fingerprint density at radius 3 is 2.30 bits per heavy atom. The number of halogens is 2. The van der Waals surface area contributed by atoms with E-state index in [9.17, 15) is 14.0 Å². The maximum atomic E-state index is 15.2. The van der Waals surface area contributed by atoms with Crippen LogP contribution in [0.1, 0.15) is 19.3 Å². The second-order valence-electron chi connectivity index (χ2n) is 9.97. The van der Waals surface area contributed by atoms with Crippen LogP contribution in [0.2, 0.25) is 0 Å². The van der Waals surface area contributed by atoms with Crippen molar-refractivity contribution >= 4 is 34.1 Å². The molecule has 0 atom stereocenters. The highest BCUT2D eigenvalue weighted by Gasteiger charge is 2.56. The summed E-state index contributed by atoms with van der Waals surface area (Å²) >= 11 is 0. The molecule has 2 heterocycles. The molecule has 1 fully saturated rings. The smallest absolute Gasteiger partial charge is 0.240 e. The highest BCUT2D eigenvalue weighted by molar-refractivity contribution is 6.16. The van der Waals surface area contributed by atoms with Gasteiger partial charge < -0.3 is 34.7 Å². The van der Waals surface area contributed by atoms with Crippen LogP contribution in [0.25, 0.3) is 10.9 Å². The lowest BCUT2D eigenvalue weighted by molar-refractivity contribution is -0.131. The summed E-state index contributed by atoms with van der Waals surface area (Å²) in [7, 11) is 0. The van der Waals surface area contributed by atoms with Gasteiger partial charge in [0.05, 0.1) is 12.1 Å². The van der Waals surface area contributed by atoms with E-state index in [1.54, 1.807) is 6.07 Å². The number of hydrogen-bond acceptors (Lipinski definition) is 9. The van der Waals surface area contributed by atoms with Crippen LogP contribution in [0.4, 0.5) is 20.2 Å². The summed E-state index contributed by atoms with van der Waals surface area (Å²) in [6.07, 6.45) is 2.32. The van der Waals surface area contributed by atoms with E-state index in [-0.39, 0.29) is 49.5 Å². The molecule has 0 radical (unpaired) electrons. The van der Waals surface area contributed by atoms with Crippen molar-refractivity contribution in [3.63, 3.8) is 0 Å². The monoisotopic (exact) mass is 592 g/mol. The zero-order valence-electron chi connectivity index (χ0n) is 22.7. The summed E-state index contributed by atoms with van der Waals surface area (Å²) in [4.78, 5) is 34.3. The summed E-state index contributed by atoms with van der Waals surface area (Å²) in [6.45, 7) is 0.758. The lowest BCUT2D eigenvalue weighted by Crippen LogP contribution is -2.35. The Kier molecular flexibility index (Phi) is 7.63. The first-order valence-electron chi connectivity index (χ1n) is 13.5. The summed E-state index contributed by atoms with van der Waals surface area (Å²) < 4.78 is 51.6. The number of rotatable bonds is 10. The van der Waals surface area contributed by atoms with Gasteiger partial charge in [0.25, 0.3) is 0 Å². The lowest BCUT2D eigenvalue weighted by atomic mass is 10.0. The molecular weight excluding hydrogens is 566 g/mol. The van der Waals surface area contributed by atoms with Gasteiger partial charge in [-0.05, 0) is 49.2 Å². The molecule has 222 valence electrons. The number of ether oxygens (including phenoxy) is 4. The Balaban J connectivity index is 1.20. The van der Waals surface area contributed by atoms with Crippen LogP contribution in [0.3, 0.4) is 0 Å². The summed E-state index contributed by atoms with van der Waals surface area (Å²) in [6, 6.07) is 10.7. The Bertz CT molecular complexity index is 1700. The number of fused-ring (bicyclic) bond motifs is 3. The molecule has 6 rings (SSSR count). The number of aliphatic hydroxyl groups excluding tert-OH is 1. The highest BCUT2D eigenvalue weighted by Crippen LogP contribution is 2.49. The maximum absolute atomic E-state index is 15.2. The molecule has 3 aromatic carbocycles. The molecule has 4 aromatic rings. The lowest BCUT2D eigenvalue weighted by Gasteiger charge is -2.23. The molecule has 13 heteroatoms. The molecule has 2 aliphatic rings. The van der Waals surface area contributed by atoms with E-state index in [0.717, 1.165) is 6.07 Å². The summed E-state index contributed by atoms with van der Waals surface area (Å²) in [5.74, 6) is -1.52. The quantitative estimate of drug-likeness (QED) is 0.178. The standard InChI is InChI=1S/C30H26F2N4O7/c31-17-2-4-18(5-3-17)35-28(38)30(8-9-30)29(39)36-19-6-7-22(20(32)14-19)43-27-24-21(33-16-34-27)15-23(40-11-1-10-37)25-26(24)42-13-12-41-25/h2-7,14-16,37H,1,8-13H2,(H,35,38)(H,36,39). The first-order chi connectivity index (χ1) is 20.9. The minimum absolute atomic E-state index is 0.0127. The molecule has 1 aromatic heterocycles. The summed E-state index contributed by atoms with van der Waals surface area (Å²) in [5, 5.41) is 14.7. The first kappa shape index (κ1) is 28.1. The predicted molar refractivity (Wildman–Crippen MR) is 150 cm³/mol. The fourth-order valence-electron chi connectivity index (χ4n) is 4.60. The van der Waals surface area contributed by atoms with E-state index in [1.807, 2.05) is 0 Å². The number of nitrogens with one attached hydrogen (secondary N) is 2. The van der Waals surface area contributed by atoms with Gasteiger partial charge in [-0.2, -0.15) is 0 Å². The molecular formula is C30H26F2N4O7. The molecule has 43 heavy (non-hydrogen) atoms. The van der Waals surface area contributed by atoms with Gasteiger partial charge in [0.15, 0.2) is 23.1 Å². The minimum atomic E-state index is -1.30. The molecule has 0 unspecified atom stereocenters. The van der Waals surface area contributed by atoms with Crippen molar-refractivity contribution in [3.05, 3.63) is 66.5 Å². The zero-order chi connectivity index (χ0) is 30.0. The van der Waals surface area contributed by atoms with E-state index in [0.29, 0.717) is 47.4 Å². The number of anilines is 2. The number of hydrogen-bond donors (Lipinski definition) is 3. The fourth-order valence-corrected chi connectivity index (χ4v) is 4.60. The second-order valence-corrected chi connectivity index (χ2v) is 9.97. The normalized spacial score (nSPS) is 14.6. The van der Waals surface area contributed by atoms with Crippen LogP contribution in [-0.4, -0.2) is 53.3 Å². The molecule has 1 aliphatic heterocycles. The van der Waals surface area contributed by atoms with Crippen LogP contribution in [-0.2, 0) is 9.59 Å². The topological polar surface area (TPSA) is 141 Å². The van der Waals surface area contributed by atoms with Gasteiger partial charge >= 0.3 is 0 Å². The van der Waals surface area contributed by atoms with Crippen molar-refractivity contribution in [2.45, 2.75) is 19.3 Å². The molecule has 0 bridgehead atoms. The van der Waals surface area contributed by atoms with Gasteiger partial charge in [-0.15, -0.1) is 0 Å². The van der Waals surface area contributed by atoms with Gasteiger partial charge in [0.2, 0.25) is 23.4 Å². The summed E-state index contributed by atoms with van der Waals surface area (Å²) in [5.41, 5.74) is -0.408. The maximum Gasteiger partial charge on any atom is 0.240 e. The predicted octanol–water partition coefficient (Wildman–Crippen LogP) is 4.59. The number of benzene rings is 3. The van der Waals surface area contributed by atoms with Crippen molar-refractivity contribution in [2.24, 2.45) is 5.41 Å². The second kappa shape index (κ2) is 11.7. The zero-order valence-corrected chi connectivity index (χ0v) is 22.7. The third-order valence-electron chi connectivity index (χ3n) is 7.02. The molecule has 3 N–H and O–H groups in total. The molecule has 1 aliphatic carbocycles. The van der Waals surface area contributed by atoms with Crippen molar-refractivity contribution in [1.29, 1.82) is 0 Å². The third-order valence-corrected chi connectivity index (χ3v) is 7.02. The van der Waals surface area contributed by atoms with E-state index < -0.39 is 28.9 Å². The van der Waals surface area contributed by atoms with Gasteiger partial charge in [-0.25, -0.2) is 18.7 Å². The van der Waals surface area contributed by atoms with Crippen LogP contribution < -0.4 is 29.6 Å². The van der Waals surface area contributed by atoms with E-state index in [1.165, 1.54) is 42.7 Å². The van der Waals surface area contributed by atoms with Crippen LogP contribution in [0, 0.1) is 17.0 Å². The Morgan fingerprint density at radius 2 is 1.60 bits per heavy atom. The van der Waals surface area contributed by atoms with Gasteiger partial charge in [0, 0.05) is 36.5 Å². The van der Waals surface area contributed by atoms with Crippen LogP contribution in [0.15, 0.2) is 54.9 Å². The molecule has 1 saturated carbocycles. The molecule has 0 spiro atoms. The van der Waals surface area contributed by atoms with Gasteiger partial charge in [-0.3, -0.25) is 9.59 Å². The Morgan fingerprint density at radius 1 is 0.907 bits per heavy atom. The number of amides is 2. The number of aromatic nitrogens is 2. The van der Waals surface area contributed by atoms with Crippen molar-refractivity contribution in [1.82, 2.24) is 9.97 Å². The van der Waals surface area contributed by atoms with Crippen molar-refractivity contribution < 1.29 is 42.4 Å². The third kappa shape index (κ3) is 5.71. The van der Waals surface area contributed by atoms with E-state index in [4.69, 9.17) is 24.1 Å². The van der Waals surface area contributed by atoms with Crippen LogP contribution in [0.5, 0.6) is 28.9 Å². The SMILES string of the molecule is O=C(Nc1ccc(F)cc1)C1(C(=O)Nc2ccc(Oc3ncnc4cc(OCCCO)c5c(c34)OCCO5)c(F)c2)CC1. The number of aliphatic hydroxyl groups is 1. The van der Waals surface area contributed by atoms with Gasteiger partial charge in [0.1, 0.15) is 36.2 Å². The largest absolute Gasteiger partial charge is 0.489 e. The van der Waals surface area contributed by atoms with Gasteiger partial charge in [-0.1, -0.05) is 0 Å². The van der Waals surface area contributed by atoms with E-state index >= 15 is 4.39 Å². The number of nitrogens with zero attached hydrogens (tertiary/aromatic N) is 2. The molecule has 0 saturated heterocycles. The Hall–Kier alpha value is -5.04. The Labute approximate surface area is 243 Å². The highest BCUT2D eigenvalue weighted by atomic mass is 19.1. The number of carbonyl (C=O) groups is 2. The van der Waals surface area contributed by atoms with Crippen LogP contribution >= 0.6 is 0 Å². The average molecular weight is 593 g/mol. The number of carbonyl (C=O) groups excluding carboxylic acids is 2. The minimum Gasteiger partial charge on any atom is -0.489 e. The average Bonchev–Trinajstić information content (AvgIpc) is 3.82. The van der Waals surface area contributed by atoms with Crippen molar-refractivity contribution in [2.75, 3.05) is 37.1 Å². The molecule has 11 nitrogen and oxygen atoms in total. The molecule has 2 amide bonds. The fraction of sp³-hybridized carbons (Fsp3) is 0.267. The van der Waals surface area contributed by atoms with E-state index in [2.05, 4.69) is 20.6 Å².